The van der Waals surface area contributed by atoms with Crippen LogP contribution in [-0.2, 0) is 4.79 Å². The predicted octanol–water partition coefficient (Wildman–Crippen LogP) is 12.5. The van der Waals surface area contributed by atoms with Crippen LogP contribution in [0.3, 0.4) is 0 Å². The van der Waals surface area contributed by atoms with Crippen LogP contribution in [0, 0.1) is 0 Å². The Hall–Kier alpha value is -1.47. The maximum atomic E-state index is 12.4. The molecule has 54 heavy (non-hydrogen) atoms. The Bertz CT molecular complexity index is 858. The number of aliphatic hydroxyl groups excluding tert-OH is 4. The van der Waals surface area contributed by atoms with Crippen molar-refractivity contribution in [3.05, 3.63) is 36.5 Å². The Morgan fingerprint density at radius 1 is 0.444 bits per heavy atom. The van der Waals surface area contributed by atoms with Crippen molar-refractivity contribution in [3.63, 3.8) is 0 Å². The minimum Gasteiger partial charge on any atom is -0.394 e. The topological polar surface area (TPSA) is 110 Å². The summed E-state index contributed by atoms with van der Waals surface area (Å²) in [5.74, 6) is -0.603. The molecular weight excluding hydrogens is 671 g/mol. The molecule has 0 saturated heterocycles. The van der Waals surface area contributed by atoms with E-state index >= 15 is 0 Å². The van der Waals surface area contributed by atoms with Crippen LogP contribution in [0.5, 0.6) is 0 Å². The molecule has 0 aromatic heterocycles. The van der Waals surface area contributed by atoms with Crippen molar-refractivity contribution in [2.24, 2.45) is 0 Å². The molecule has 318 valence electrons. The smallest absolute Gasteiger partial charge is 0.249 e. The fourth-order valence-corrected chi connectivity index (χ4v) is 7.08. The zero-order chi connectivity index (χ0) is 39.6. The summed E-state index contributed by atoms with van der Waals surface area (Å²) in [5, 5.41) is 43.5. The number of allylic oxidation sites excluding steroid dienone is 6. The Labute approximate surface area is 335 Å². The second kappa shape index (κ2) is 42.7. The van der Waals surface area contributed by atoms with E-state index < -0.39 is 36.9 Å². The van der Waals surface area contributed by atoms with Gasteiger partial charge in [0.1, 0.15) is 12.2 Å². The normalized spacial score (nSPS) is 14.4. The van der Waals surface area contributed by atoms with Gasteiger partial charge in [-0.25, -0.2) is 0 Å². The summed E-state index contributed by atoms with van der Waals surface area (Å²) in [6.45, 7) is 4.00. The number of aliphatic hydroxyl groups is 4. The maximum absolute atomic E-state index is 12.4. The van der Waals surface area contributed by atoms with Crippen LogP contribution in [0.2, 0.25) is 0 Å². The number of carbonyl (C=O) groups is 1. The van der Waals surface area contributed by atoms with Crippen molar-refractivity contribution < 1.29 is 25.2 Å². The monoisotopic (exact) mass is 762 g/mol. The molecule has 0 saturated carbocycles. The molecule has 1 amide bonds. The van der Waals surface area contributed by atoms with Crippen LogP contribution in [-0.4, -0.2) is 57.3 Å². The molecule has 0 heterocycles. The van der Waals surface area contributed by atoms with Gasteiger partial charge in [-0.2, -0.15) is 0 Å². The van der Waals surface area contributed by atoms with E-state index in [0.29, 0.717) is 19.3 Å². The van der Waals surface area contributed by atoms with Gasteiger partial charge in [-0.3, -0.25) is 4.79 Å². The van der Waals surface area contributed by atoms with Gasteiger partial charge < -0.3 is 25.7 Å². The minimum atomic E-state index is -1.29. The first-order valence-electron chi connectivity index (χ1n) is 23.4. The summed E-state index contributed by atoms with van der Waals surface area (Å²) in [7, 11) is 0. The number of carbonyl (C=O) groups excluding carboxylic acids is 1. The Kier molecular flexibility index (Phi) is 41.5. The third-order valence-corrected chi connectivity index (χ3v) is 10.8. The molecule has 0 fully saturated rings. The first-order chi connectivity index (χ1) is 26.5. The molecule has 0 bridgehead atoms. The van der Waals surface area contributed by atoms with Crippen molar-refractivity contribution in [1.82, 2.24) is 5.32 Å². The average Bonchev–Trinajstić information content (AvgIpc) is 3.18. The second-order valence-electron chi connectivity index (χ2n) is 16.1. The van der Waals surface area contributed by atoms with Crippen molar-refractivity contribution in [3.8, 4) is 0 Å². The first-order valence-corrected chi connectivity index (χ1v) is 23.4. The van der Waals surface area contributed by atoms with Gasteiger partial charge in [0, 0.05) is 0 Å². The van der Waals surface area contributed by atoms with Crippen LogP contribution in [0.4, 0.5) is 0 Å². The van der Waals surface area contributed by atoms with Gasteiger partial charge in [0.2, 0.25) is 5.91 Å². The van der Waals surface area contributed by atoms with Crippen LogP contribution < -0.4 is 5.32 Å². The highest BCUT2D eigenvalue weighted by molar-refractivity contribution is 5.80. The van der Waals surface area contributed by atoms with E-state index in [-0.39, 0.29) is 0 Å². The van der Waals surface area contributed by atoms with Gasteiger partial charge in [0.05, 0.1) is 18.8 Å². The minimum absolute atomic E-state index is 0.359. The fraction of sp³-hybridized carbons (Fsp3) is 0.854. The number of nitrogens with one attached hydrogen (secondary N) is 1. The van der Waals surface area contributed by atoms with E-state index in [0.717, 1.165) is 51.4 Å². The standard InChI is InChI=1S/C48H91NO5/c1-3-5-7-9-11-13-14-15-16-17-18-19-20-21-22-23-24-25-26-27-28-29-30-31-32-34-35-37-39-41-45(51)47(53)44(43-50)49-48(54)46(52)42-40-38-36-33-12-10-8-6-4-2/h25-26,29-30,34-35,44-47,50-53H,3-24,27-28,31-33,36-43H2,1-2H3,(H,49,54)/b26-25+,30-29+,35-34+. The summed E-state index contributed by atoms with van der Waals surface area (Å²) < 4.78 is 0. The lowest BCUT2D eigenvalue weighted by Crippen LogP contribution is -2.53. The molecule has 0 aliphatic rings. The van der Waals surface area contributed by atoms with Gasteiger partial charge >= 0.3 is 0 Å². The number of unbranched alkanes of at least 4 members (excludes halogenated alkanes) is 27. The fourth-order valence-electron chi connectivity index (χ4n) is 7.08. The van der Waals surface area contributed by atoms with Gasteiger partial charge in [-0.1, -0.05) is 204 Å². The molecule has 0 aromatic rings. The summed E-state index contributed by atoms with van der Waals surface area (Å²) in [6, 6.07) is -1.01. The molecular formula is C48H91NO5. The maximum Gasteiger partial charge on any atom is 0.249 e. The molecule has 0 aliphatic carbocycles. The van der Waals surface area contributed by atoms with Crippen LogP contribution in [0.15, 0.2) is 36.5 Å². The number of amides is 1. The van der Waals surface area contributed by atoms with Gasteiger partial charge in [0.15, 0.2) is 0 Å². The zero-order valence-electron chi connectivity index (χ0n) is 35.7. The third-order valence-electron chi connectivity index (χ3n) is 10.8. The quantitative estimate of drug-likeness (QED) is 0.0314. The lowest BCUT2D eigenvalue weighted by molar-refractivity contribution is -0.132. The highest BCUT2D eigenvalue weighted by Crippen LogP contribution is 2.16. The molecule has 0 aliphatic heterocycles. The van der Waals surface area contributed by atoms with Gasteiger partial charge in [0.25, 0.3) is 0 Å². The lowest BCUT2D eigenvalue weighted by atomic mass is 10.00. The van der Waals surface area contributed by atoms with E-state index in [1.807, 2.05) is 0 Å². The number of hydrogen-bond donors (Lipinski definition) is 5. The van der Waals surface area contributed by atoms with E-state index in [1.54, 1.807) is 0 Å². The van der Waals surface area contributed by atoms with Gasteiger partial charge in [-0.15, -0.1) is 0 Å². The molecule has 0 spiro atoms. The summed E-state index contributed by atoms with van der Waals surface area (Å²) >= 11 is 0. The molecule has 4 atom stereocenters. The van der Waals surface area contributed by atoms with E-state index in [4.69, 9.17) is 0 Å². The molecule has 0 aromatic carbocycles. The Morgan fingerprint density at radius 3 is 1.17 bits per heavy atom. The SMILES string of the molecule is CCCCCCCCCCCCCCCCCC/C=C/CC/C=C/CC/C=C/CCCC(O)C(O)C(CO)NC(=O)C(O)CCCCCCCCCCC. The second-order valence-corrected chi connectivity index (χ2v) is 16.1. The highest BCUT2D eigenvalue weighted by Gasteiger charge is 2.28. The average molecular weight is 762 g/mol. The van der Waals surface area contributed by atoms with Crippen LogP contribution >= 0.6 is 0 Å². The number of rotatable bonds is 42. The van der Waals surface area contributed by atoms with Crippen molar-refractivity contribution in [1.29, 1.82) is 0 Å². The Morgan fingerprint density at radius 2 is 0.778 bits per heavy atom. The lowest BCUT2D eigenvalue weighted by Gasteiger charge is -2.27. The molecule has 6 heteroatoms. The van der Waals surface area contributed by atoms with Crippen LogP contribution in [0.1, 0.15) is 232 Å². The summed E-state index contributed by atoms with van der Waals surface area (Å²) in [5.41, 5.74) is 0. The van der Waals surface area contributed by atoms with Gasteiger partial charge in [-0.05, 0) is 64.2 Å². The van der Waals surface area contributed by atoms with Crippen molar-refractivity contribution >= 4 is 5.91 Å². The molecule has 4 unspecified atom stereocenters. The summed E-state index contributed by atoms with van der Waals surface area (Å²) in [4.78, 5) is 12.4. The largest absolute Gasteiger partial charge is 0.394 e. The summed E-state index contributed by atoms with van der Waals surface area (Å²) in [6.07, 6.45) is 50.7. The van der Waals surface area contributed by atoms with Crippen molar-refractivity contribution in [2.75, 3.05) is 6.61 Å². The van der Waals surface area contributed by atoms with E-state index in [2.05, 4.69) is 55.6 Å². The predicted molar refractivity (Wildman–Crippen MR) is 233 cm³/mol. The Balaban J connectivity index is 3.70. The molecule has 6 nitrogen and oxygen atoms in total. The van der Waals surface area contributed by atoms with E-state index in [1.165, 1.54) is 148 Å². The molecule has 0 rings (SSSR count). The van der Waals surface area contributed by atoms with Crippen molar-refractivity contribution in [2.45, 2.75) is 257 Å². The molecule has 0 radical (unpaired) electrons. The van der Waals surface area contributed by atoms with E-state index in [9.17, 15) is 25.2 Å². The first kappa shape index (κ1) is 52.5. The van der Waals surface area contributed by atoms with Crippen LogP contribution in [0.25, 0.3) is 0 Å². The third kappa shape index (κ3) is 36.2. The highest BCUT2D eigenvalue weighted by atomic mass is 16.3. The molecule has 5 N–H and O–H groups in total. The number of hydrogen-bond acceptors (Lipinski definition) is 5. The zero-order valence-corrected chi connectivity index (χ0v) is 35.7.